The molecule has 2 heterocycles. The lowest BCUT2D eigenvalue weighted by atomic mass is 9.83. The van der Waals surface area contributed by atoms with E-state index >= 15 is 0 Å². The van der Waals surface area contributed by atoms with Gasteiger partial charge in [0, 0.05) is 23.7 Å². The van der Waals surface area contributed by atoms with Gasteiger partial charge in [-0.2, -0.15) is 5.10 Å². The molecule has 2 aromatic rings. The topological polar surface area (TPSA) is 98.3 Å². The highest BCUT2D eigenvalue weighted by Crippen LogP contribution is 2.34. The Bertz CT molecular complexity index is 1060. The second-order valence-electron chi connectivity index (χ2n) is 9.03. The quantitative estimate of drug-likeness (QED) is 0.647. The molecule has 3 rings (SSSR count). The molecule has 1 fully saturated rings. The van der Waals surface area contributed by atoms with Crippen molar-refractivity contribution in [2.75, 3.05) is 11.4 Å². The van der Waals surface area contributed by atoms with E-state index in [0.717, 1.165) is 18.5 Å². The van der Waals surface area contributed by atoms with Gasteiger partial charge in [-0.3, -0.25) is 9.48 Å². The van der Waals surface area contributed by atoms with Crippen LogP contribution >= 0.6 is 12.4 Å². The number of anilines is 1. The van der Waals surface area contributed by atoms with Crippen molar-refractivity contribution in [1.29, 1.82) is 0 Å². The van der Waals surface area contributed by atoms with Gasteiger partial charge in [0.25, 0.3) is 0 Å². The zero-order valence-corrected chi connectivity index (χ0v) is 21.2. The average molecular weight is 483 g/mol. The predicted molar refractivity (Wildman–Crippen MR) is 129 cm³/mol. The van der Waals surface area contributed by atoms with Crippen molar-refractivity contribution in [2.24, 2.45) is 11.1 Å². The summed E-state index contributed by atoms with van der Waals surface area (Å²) in [4.78, 5) is 15.1. The first-order valence-electron chi connectivity index (χ1n) is 11.0. The summed E-state index contributed by atoms with van der Waals surface area (Å²) >= 11 is 0. The Morgan fingerprint density at radius 3 is 2.31 bits per heavy atom. The van der Waals surface area contributed by atoms with Crippen molar-refractivity contribution >= 4 is 33.8 Å². The summed E-state index contributed by atoms with van der Waals surface area (Å²) in [5.74, 6) is 0.0769. The molecule has 0 radical (unpaired) electrons. The van der Waals surface area contributed by atoms with E-state index in [9.17, 15) is 13.2 Å². The normalized spacial score (nSPS) is 17.2. The predicted octanol–water partition coefficient (Wildman–Crippen LogP) is 3.76. The number of nitrogens with two attached hydrogens (primary N) is 1. The van der Waals surface area contributed by atoms with Gasteiger partial charge in [0.15, 0.2) is 0 Å². The highest BCUT2D eigenvalue weighted by Gasteiger charge is 2.36. The highest BCUT2D eigenvalue weighted by molar-refractivity contribution is 7.91. The number of halogens is 1. The third kappa shape index (κ3) is 4.87. The molecule has 0 bridgehead atoms. The molecule has 1 aliphatic heterocycles. The molecule has 0 aliphatic carbocycles. The molecule has 1 aliphatic rings. The van der Waals surface area contributed by atoms with Gasteiger partial charge < -0.3 is 10.6 Å². The van der Waals surface area contributed by atoms with E-state index in [1.807, 2.05) is 34.6 Å². The van der Waals surface area contributed by atoms with Crippen LogP contribution in [0.15, 0.2) is 34.1 Å². The van der Waals surface area contributed by atoms with Crippen LogP contribution in [0.3, 0.4) is 0 Å². The number of carbonyl (C=O) groups is 1. The molecule has 1 saturated heterocycles. The number of hydrogen-bond acceptors (Lipinski definition) is 5. The standard InChI is InChI=1S/C23H34N4O3S.ClH/c1-6-19-21(20(7-2)27(25-19)15-16(3)24)31(29,30)18-11-9-17(10-12-18)26-14-8-13-23(4,5)22(26)28;/h9-12,16H,6-8,13-15,24H2,1-5H3;1H/t16-;/m0./s1. The summed E-state index contributed by atoms with van der Waals surface area (Å²) in [6, 6.07) is 6.53. The van der Waals surface area contributed by atoms with Crippen LogP contribution in [0.25, 0.3) is 0 Å². The van der Waals surface area contributed by atoms with E-state index < -0.39 is 15.3 Å². The van der Waals surface area contributed by atoms with Crippen LogP contribution in [0.2, 0.25) is 0 Å². The fraction of sp³-hybridized carbons (Fsp3) is 0.565. The molecular weight excluding hydrogens is 448 g/mol. The van der Waals surface area contributed by atoms with Gasteiger partial charge >= 0.3 is 0 Å². The average Bonchev–Trinajstić information content (AvgIpc) is 3.07. The number of nitrogens with zero attached hydrogens (tertiary/aromatic N) is 3. The molecule has 9 heteroatoms. The Balaban J connectivity index is 0.00000363. The van der Waals surface area contributed by atoms with Gasteiger partial charge in [0.1, 0.15) is 4.90 Å². The minimum Gasteiger partial charge on any atom is -0.326 e. The van der Waals surface area contributed by atoms with Crippen molar-refractivity contribution in [3.8, 4) is 0 Å². The number of hydrogen-bond donors (Lipinski definition) is 1. The van der Waals surface area contributed by atoms with Crippen LogP contribution in [-0.4, -0.2) is 36.7 Å². The zero-order valence-electron chi connectivity index (χ0n) is 19.6. The summed E-state index contributed by atoms with van der Waals surface area (Å²) in [6.45, 7) is 10.7. The number of amides is 1. The molecule has 7 nitrogen and oxygen atoms in total. The largest absolute Gasteiger partial charge is 0.326 e. The van der Waals surface area contributed by atoms with Gasteiger partial charge in [0.05, 0.1) is 22.8 Å². The van der Waals surface area contributed by atoms with Crippen LogP contribution in [-0.2, 0) is 34.0 Å². The Hall–Kier alpha value is -1.90. The number of piperidine rings is 1. The number of aromatic nitrogens is 2. The molecule has 178 valence electrons. The second-order valence-corrected chi connectivity index (χ2v) is 10.9. The van der Waals surface area contributed by atoms with Crippen molar-refractivity contribution in [1.82, 2.24) is 9.78 Å². The van der Waals surface area contributed by atoms with E-state index in [1.54, 1.807) is 33.8 Å². The van der Waals surface area contributed by atoms with E-state index in [0.29, 0.717) is 42.2 Å². The summed E-state index contributed by atoms with van der Waals surface area (Å²) in [7, 11) is -3.75. The maximum absolute atomic E-state index is 13.6. The number of benzene rings is 1. The van der Waals surface area contributed by atoms with Crippen molar-refractivity contribution < 1.29 is 13.2 Å². The summed E-state index contributed by atoms with van der Waals surface area (Å²) in [6.07, 6.45) is 2.85. The smallest absolute Gasteiger partial charge is 0.232 e. The minimum atomic E-state index is -3.75. The number of carbonyl (C=O) groups excluding carboxylic acids is 1. The lowest BCUT2D eigenvalue weighted by Gasteiger charge is -2.37. The first kappa shape index (κ1) is 26.4. The van der Waals surface area contributed by atoms with Gasteiger partial charge in [0.2, 0.25) is 15.7 Å². The van der Waals surface area contributed by atoms with Gasteiger partial charge in [-0.1, -0.05) is 27.7 Å². The number of aryl methyl sites for hydroxylation is 1. The fourth-order valence-corrected chi connectivity index (χ4v) is 6.05. The molecule has 0 saturated carbocycles. The molecule has 1 amide bonds. The van der Waals surface area contributed by atoms with Gasteiger partial charge in [-0.05, 0) is 56.9 Å². The van der Waals surface area contributed by atoms with Crippen LogP contribution in [0.4, 0.5) is 5.69 Å². The monoisotopic (exact) mass is 482 g/mol. The minimum absolute atomic E-state index is 0. The fourth-order valence-electron chi connectivity index (χ4n) is 4.27. The van der Waals surface area contributed by atoms with Crippen molar-refractivity contribution in [2.45, 2.75) is 82.7 Å². The van der Waals surface area contributed by atoms with Crippen molar-refractivity contribution in [3.05, 3.63) is 35.7 Å². The summed E-state index contributed by atoms with van der Waals surface area (Å²) in [5.41, 5.74) is 7.53. The molecule has 1 aromatic carbocycles. The lowest BCUT2D eigenvalue weighted by Crippen LogP contribution is -2.46. The van der Waals surface area contributed by atoms with Gasteiger partial charge in [-0.15, -0.1) is 12.4 Å². The molecule has 0 unspecified atom stereocenters. The van der Waals surface area contributed by atoms with Crippen LogP contribution < -0.4 is 10.6 Å². The first-order valence-corrected chi connectivity index (χ1v) is 12.5. The van der Waals surface area contributed by atoms with Gasteiger partial charge in [-0.25, -0.2) is 8.42 Å². The lowest BCUT2D eigenvalue weighted by molar-refractivity contribution is -0.128. The van der Waals surface area contributed by atoms with E-state index in [4.69, 9.17) is 5.73 Å². The summed E-state index contributed by atoms with van der Waals surface area (Å²) in [5, 5.41) is 4.55. The molecule has 0 spiro atoms. The van der Waals surface area contributed by atoms with E-state index in [-0.39, 0.29) is 29.3 Å². The van der Waals surface area contributed by atoms with Crippen LogP contribution in [0.5, 0.6) is 0 Å². The van der Waals surface area contributed by atoms with E-state index in [2.05, 4.69) is 5.10 Å². The molecule has 1 aromatic heterocycles. The number of sulfone groups is 1. The Morgan fingerprint density at radius 1 is 1.16 bits per heavy atom. The van der Waals surface area contributed by atoms with Crippen molar-refractivity contribution in [3.63, 3.8) is 0 Å². The molecule has 2 N–H and O–H groups in total. The third-order valence-corrected chi connectivity index (χ3v) is 7.84. The first-order chi connectivity index (χ1) is 14.5. The Labute approximate surface area is 197 Å². The maximum Gasteiger partial charge on any atom is 0.232 e. The molecular formula is C23H35ClN4O3S. The maximum atomic E-state index is 13.6. The summed E-state index contributed by atoms with van der Waals surface area (Å²) < 4.78 is 28.9. The zero-order chi connectivity index (χ0) is 23.0. The van der Waals surface area contributed by atoms with E-state index in [1.165, 1.54) is 0 Å². The SMILES string of the molecule is CCc1nn(C[C@H](C)N)c(CC)c1S(=O)(=O)c1ccc(N2CCCC(C)(C)C2=O)cc1.Cl. The second kappa shape index (κ2) is 9.93. The Morgan fingerprint density at radius 2 is 1.78 bits per heavy atom. The Kier molecular flexibility index (Phi) is 8.18. The molecule has 32 heavy (non-hydrogen) atoms. The third-order valence-electron chi connectivity index (χ3n) is 5.94. The number of rotatable bonds is 7. The van der Waals surface area contributed by atoms with Crippen LogP contribution in [0.1, 0.15) is 58.8 Å². The highest BCUT2D eigenvalue weighted by atomic mass is 35.5. The molecule has 1 atom stereocenters. The van der Waals surface area contributed by atoms with Crippen LogP contribution in [0, 0.1) is 5.41 Å².